The summed E-state index contributed by atoms with van der Waals surface area (Å²) in [6.45, 7) is 0.258. The first kappa shape index (κ1) is 9.76. The predicted octanol–water partition coefficient (Wildman–Crippen LogP) is 0.432. The first-order chi connectivity index (χ1) is 5.58. The third kappa shape index (κ3) is 3.89. The van der Waals surface area contributed by atoms with Crippen LogP contribution in [0.1, 0.15) is 6.42 Å². The molecule has 2 N–H and O–H groups in total. The van der Waals surface area contributed by atoms with Crippen LogP contribution in [0.5, 0.6) is 0 Å². The van der Waals surface area contributed by atoms with Gasteiger partial charge in [-0.25, -0.2) is 0 Å². The van der Waals surface area contributed by atoms with E-state index in [1.165, 1.54) is 0 Å². The fourth-order valence-electron chi connectivity index (χ4n) is 0.997. The van der Waals surface area contributed by atoms with Gasteiger partial charge < -0.3 is 5.32 Å². The van der Waals surface area contributed by atoms with Crippen LogP contribution in [0.25, 0.3) is 0 Å². The highest BCUT2D eigenvalue weighted by Gasteiger charge is 2.28. The molecular formula is C6H11F3N2O. The Morgan fingerprint density at radius 3 is 2.75 bits per heavy atom. The molecule has 3 nitrogen and oxygen atoms in total. The first-order valence-corrected chi connectivity index (χ1v) is 3.73. The minimum Gasteiger partial charge on any atom is -0.315 e. The second-order valence-corrected chi connectivity index (χ2v) is 2.71. The molecule has 1 atom stereocenters. The van der Waals surface area contributed by atoms with Crippen molar-refractivity contribution in [3.05, 3.63) is 0 Å². The zero-order chi connectivity index (χ0) is 9.03. The number of hydroxylamine groups is 1. The molecule has 12 heavy (non-hydrogen) atoms. The second kappa shape index (κ2) is 4.06. The van der Waals surface area contributed by atoms with Gasteiger partial charge in [0.15, 0.2) is 6.61 Å². The Morgan fingerprint density at radius 2 is 2.25 bits per heavy atom. The monoisotopic (exact) mass is 184 g/mol. The fourth-order valence-corrected chi connectivity index (χ4v) is 0.997. The van der Waals surface area contributed by atoms with Crippen molar-refractivity contribution in [1.82, 2.24) is 10.8 Å². The van der Waals surface area contributed by atoms with Gasteiger partial charge in [0.25, 0.3) is 0 Å². The van der Waals surface area contributed by atoms with E-state index in [-0.39, 0.29) is 6.04 Å². The number of hydrogen-bond donors (Lipinski definition) is 2. The molecule has 1 rings (SSSR count). The van der Waals surface area contributed by atoms with Crippen LogP contribution in [0, 0.1) is 0 Å². The molecule has 0 saturated carbocycles. The summed E-state index contributed by atoms with van der Waals surface area (Å²) >= 11 is 0. The topological polar surface area (TPSA) is 33.3 Å². The third-order valence-corrected chi connectivity index (χ3v) is 1.55. The summed E-state index contributed by atoms with van der Waals surface area (Å²) in [6.07, 6.45) is -3.45. The zero-order valence-electron chi connectivity index (χ0n) is 6.45. The molecule has 1 saturated heterocycles. The summed E-state index contributed by atoms with van der Waals surface area (Å²) in [5.74, 6) is 0. The van der Waals surface area contributed by atoms with Gasteiger partial charge in [-0.1, -0.05) is 0 Å². The molecule has 1 aliphatic rings. The minimum absolute atomic E-state index is 0.00681. The lowest BCUT2D eigenvalue weighted by Gasteiger charge is -2.12. The maximum absolute atomic E-state index is 11.5. The summed E-state index contributed by atoms with van der Waals surface area (Å²) in [7, 11) is 0. The maximum atomic E-state index is 11.5. The van der Waals surface area contributed by atoms with Gasteiger partial charge in [0.1, 0.15) is 0 Å². The van der Waals surface area contributed by atoms with Crippen molar-refractivity contribution < 1.29 is 18.0 Å². The second-order valence-electron chi connectivity index (χ2n) is 2.71. The maximum Gasteiger partial charge on any atom is 0.413 e. The van der Waals surface area contributed by atoms with Crippen LogP contribution in [0.3, 0.4) is 0 Å². The van der Waals surface area contributed by atoms with Gasteiger partial charge >= 0.3 is 6.18 Å². The molecule has 0 aromatic heterocycles. The van der Waals surface area contributed by atoms with Crippen LogP contribution < -0.4 is 10.8 Å². The van der Waals surface area contributed by atoms with Crippen molar-refractivity contribution >= 4 is 0 Å². The van der Waals surface area contributed by atoms with E-state index >= 15 is 0 Å². The number of rotatable bonds is 3. The Kier molecular flexibility index (Phi) is 3.30. The number of nitrogens with one attached hydrogen (secondary N) is 2. The van der Waals surface area contributed by atoms with E-state index in [4.69, 9.17) is 0 Å². The first-order valence-electron chi connectivity index (χ1n) is 3.73. The highest BCUT2D eigenvalue weighted by atomic mass is 19.4. The molecule has 1 heterocycles. The van der Waals surface area contributed by atoms with Crippen LogP contribution in [-0.4, -0.2) is 31.9 Å². The normalized spacial score (nSPS) is 24.8. The average Bonchev–Trinajstić information content (AvgIpc) is 2.36. The Labute approximate surface area is 68.2 Å². The highest BCUT2D eigenvalue weighted by molar-refractivity contribution is 4.73. The molecule has 0 radical (unpaired) electrons. The van der Waals surface area contributed by atoms with E-state index in [2.05, 4.69) is 15.6 Å². The summed E-state index contributed by atoms with van der Waals surface area (Å²) in [6, 6.07) is 0.00681. The lowest BCUT2D eigenvalue weighted by molar-refractivity contribution is -0.192. The Morgan fingerprint density at radius 1 is 1.50 bits per heavy atom. The molecule has 0 aromatic rings. The van der Waals surface area contributed by atoms with E-state index in [0.29, 0.717) is 6.54 Å². The van der Waals surface area contributed by atoms with Crippen molar-refractivity contribution in [3.63, 3.8) is 0 Å². The van der Waals surface area contributed by atoms with E-state index in [0.717, 1.165) is 13.0 Å². The molecule has 1 aliphatic heterocycles. The Bertz CT molecular complexity index is 133. The van der Waals surface area contributed by atoms with Gasteiger partial charge in [-0.3, -0.25) is 4.84 Å². The van der Waals surface area contributed by atoms with Crippen molar-refractivity contribution in [1.29, 1.82) is 0 Å². The molecule has 1 fully saturated rings. The van der Waals surface area contributed by atoms with Crippen LogP contribution in [0.2, 0.25) is 0 Å². The molecule has 6 heteroatoms. The van der Waals surface area contributed by atoms with E-state index in [9.17, 15) is 13.2 Å². The quantitative estimate of drug-likeness (QED) is 0.624. The minimum atomic E-state index is -4.25. The van der Waals surface area contributed by atoms with Gasteiger partial charge in [-0.15, -0.1) is 0 Å². The van der Waals surface area contributed by atoms with Gasteiger partial charge in [0.2, 0.25) is 0 Å². The predicted molar refractivity (Wildman–Crippen MR) is 36.4 cm³/mol. The zero-order valence-corrected chi connectivity index (χ0v) is 6.45. The van der Waals surface area contributed by atoms with Crippen molar-refractivity contribution in [2.75, 3.05) is 19.7 Å². The largest absolute Gasteiger partial charge is 0.413 e. The van der Waals surface area contributed by atoms with E-state index < -0.39 is 12.8 Å². The summed E-state index contributed by atoms with van der Waals surface area (Å²) in [4.78, 5) is 4.27. The Balaban J connectivity index is 2.02. The average molecular weight is 184 g/mol. The van der Waals surface area contributed by atoms with Crippen LogP contribution in [-0.2, 0) is 4.84 Å². The standard InChI is InChI=1S/C6H11F3N2O/c7-6(8,9)4-12-11-5-1-2-10-3-5/h5,10-11H,1-4H2. The van der Waals surface area contributed by atoms with Crippen LogP contribution >= 0.6 is 0 Å². The number of hydrogen-bond acceptors (Lipinski definition) is 3. The van der Waals surface area contributed by atoms with Gasteiger partial charge in [-0.05, 0) is 13.0 Å². The summed E-state index contributed by atoms with van der Waals surface area (Å²) < 4.78 is 34.6. The van der Waals surface area contributed by atoms with Crippen LogP contribution in [0.4, 0.5) is 13.2 Å². The lowest BCUT2D eigenvalue weighted by Crippen LogP contribution is -2.34. The molecule has 0 aromatic carbocycles. The highest BCUT2D eigenvalue weighted by Crippen LogP contribution is 2.13. The number of halogens is 3. The van der Waals surface area contributed by atoms with Crippen LogP contribution in [0.15, 0.2) is 0 Å². The molecule has 72 valence electrons. The fraction of sp³-hybridized carbons (Fsp3) is 1.00. The summed E-state index contributed by atoms with van der Waals surface area (Å²) in [5.41, 5.74) is 2.36. The van der Waals surface area contributed by atoms with Crippen molar-refractivity contribution in [3.8, 4) is 0 Å². The molecule has 0 spiro atoms. The van der Waals surface area contributed by atoms with Gasteiger partial charge in [0, 0.05) is 12.6 Å². The Hall–Kier alpha value is -0.330. The molecule has 1 unspecified atom stereocenters. The molecule has 0 bridgehead atoms. The SMILES string of the molecule is FC(F)(F)CONC1CCNC1. The van der Waals surface area contributed by atoms with Gasteiger partial charge in [0.05, 0.1) is 0 Å². The lowest BCUT2D eigenvalue weighted by atomic mass is 10.3. The molecule has 0 aliphatic carbocycles. The van der Waals surface area contributed by atoms with E-state index in [1.807, 2.05) is 0 Å². The van der Waals surface area contributed by atoms with E-state index in [1.54, 1.807) is 0 Å². The molecule has 0 amide bonds. The van der Waals surface area contributed by atoms with Crippen molar-refractivity contribution in [2.24, 2.45) is 0 Å². The number of alkyl halides is 3. The smallest absolute Gasteiger partial charge is 0.315 e. The summed E-state index contributed by atoms with van der Waals surface area (Å²) in [5, 5.41) is 3.00. The van der Waals surface area contributed by atoms with Gasteiger partial charge in [-0.2, -0.15) is 18.7 Å². The third-order valence-electron chi connectivity index (χ3n) is 1.55. The van der Waals surface area contributed by atoms with Crippen molar-refractivity contribution in [2.45, 2.75) is 18.6 Å². The molecular weight excluding hydrogens is 173 g/mol.